The zero-order valence-electron chi connectivity index (χ0n) is 11.2. The maximum atomic E-state index is 12.3. The number of hydrogen-bond donors (Lipinski definition) is 1. The number of hydrogen-bond acceptors (Lipinski definition) is 3. The second-order valence-electron chi connectivity index (χ2n) is 5.09. The van der Waals surface area contributed by atoms with Gasteiger partial charge in [-0.05, 0) is 50.0 Å². The molecule has 1 aromatic carbocycles. The smallest absolute Gasteiger partial charge is 0.0589 e. The van der Waals surface area contributed by atoms with Crippen LogP contribution < -0.4 is 0 Å². The van der Waals surface area contributed by atoms with Crippen molar-refractivity contribution in [2.45, 2.75) is 17.7 Å². The highest BCUT2D eigenvalue weighted by Gasteiger charge is 2.19. The van der Waals surface area contributed by atoms with E-state index in [4.69, 9.17) is 28.3 Å². The summed E-state index contributed by atoms with van der Waals surface area (Å²) in [5.74, 6) is 0.989. The summed E-state index contributed by atoms with van der Waals surface area (Å²) in [6.45, 7) is 2.99. The molecule has 3 nitrogen and oxygen atoms in total. The number of aliphatic hydroxyl groups excluding tert-OH is 1. The number of nitrogens with zero attached hydrogens (tertiary/aromatic N) is 1. The van der Waals surface area contributed by atoms with Gasteiger partial charge in [-0.1, -0.05) is 23.2 Å². The van der Waals surface area contributed by atoms with Crippen LogP contribution in [0.3, 0.4) is 0 Å². The lowest BCUT2D eigenvalue weighted by Gasteiger charge is -2.30. The van der Waals surface area contributed by atoms with Gasteiger partial charge in [0.15, 0.2) is 0 Å². The quantitative estimate of drug-likeness (QED) is 0.899. The van der Waals surface area contributed by atoms with E-state index in [1.54, 1.807) is 18.2 Å². The molecule has 0 saturated carbocycles. The Kier molecular flexibility index (Phi) is 6.30. The van der Waals surface area contributed by atoms with Crippen LogP contribution in [-0.4, -0.2) is 46.2 Å². The first-order chi connectivity index (χ1) is 9.60. The molecular formula is C14H19Cl2NO2S. The predicted octanol–water partition coefficient (Wildman–Crippen LogP) is 2.81. The first-order valence-electron chi connectivity index (χ1n) is 6.77. The van der Waals surface area contributed by atoms with Gasteiger partial charge >= 0.3 is 0 Å². The molecule has 0 aliphatic carbocycles. The lowest BCUT2D eigenvalue weighted by atomic mass is 9.98. The largest absolute Gasteiger partial charge is 0.396 e. The van der Waals surface area contributed by atoms with Crippen molar-refractivity contribution in [1.29, 1.82) is 0 Å². The van der Waals surface area contributed by atoms with Gasteiger partial charge in [0.25, 0.3) is 0 Å². The topological polar surface area (TPSA) is 40.5 Å². The summed E-state index contributed by atoms with van der Waals surface area (Å²) in [5, 5.41) is 10.2. The van der Waals surface area contributed by atoms with E-state index in [1.807, 2.05) is 0 Å². The Hall–Kier alpha value is -0.130. The van der Waals surface area contributed by atoms with E-state index in [0.29, 0.717) is 26.6 Å². The van der Waals surface area contributed by atoms with Crippen molar-refractivity contribution in [2.75, 3.05) is 32.0 Å². The fourth-order valence-corrected chi connectivity index (χ4v) is 4.17. The van der Waals surface area contributed by atoms with Crippen LogP contribution in [0.5, 0.6) is 0 Å². The molecule has 1 aromatic rings. The van der Waals surface area contributed by atoms with Crippen LogP contribution in [0, 0.1) is 5.92 Å². The third kappa shape index (κ3) is 4.43. The minimum Gasteiger partial charge on any atom is -0.396 e. The summed E-state index contributed by atoms with van der Waals surface area (Å²) in [7, 11) is -1.12. The van der Waals surface area contributed by atoms with Gasteiger partial charge in [0.05, 0.1) is 20.7 Å². The van der Waals surface area contributed by atoms with Gasteiger partial charge in [0, 0.05) is 23.9 Å². The Morgan fingerprint density at radius 3 is 2.65 bits per heavy atom. The van der Waals surface area contributed by atoms with Gasteiger partial charge in [0.1, 0.15) is 0 Å². The summed E-state index contributed by atoms with van der Waals surface area (Å²) in [4.78, 5) is 2.91. The molecule has 1 fully saturated rings. The molecule has 1 aliphatic rings. The Morgan fingerprint density at radius 1 is 1.30 bits per heavy atom. The van der Waals surface area contributed by atoms with Crippen LogP contribution in [0.15, 0.2) is 23.1 Å². The molecule has 20 heavy (non-hydrogen) atoms. The van der Waals surface area contributed by atoms with Crippen LogP contribution >= 0.6 is 23.2 Å². The number of piperidine rings is 1. The van der Waals surface area contributed by atoms with Crippen molar-refractivity contribution in [1.82, 2.24) is 4.90 Å². The summed E-state index contributed by atoms with van der Waals surface area (Å²) < 4.78 is 12.3. The highest BCUT2D eigenvalue weighted by Crippen LogP contribution is 2.24. The maximum Gasteiger partial charge on any atom is 0.0589 e. The number of likely N-dealkylation sites (tertiary alicyclic amines) is 1. The zero-order valence-corrected chi connectivity index (χ0v) is 13.6. The third-order valence-corrected chi connectivity index (χ3v) is 5.76. The molecule has 1 saturated heterocycles. The Balaban J connectivity index is 1.85. The summed E-state index contributed by atoms with van der Waals surface area (Å²) in [6, 6.07) is 5.06. The fraction of sp³-hybridized carbons (Fsp3) is 0.571. The van der Waals surface area contributed by atoms with Crippen molar-refractivity contribution in [3.63, 3.8) is 0 Å². The highest BCUT2D eigenvalue weighted by molar-refractivity contribution is 7.85. The van der Waals surface area contributed by atoms with Crippen LogP contribution in [0.2, 0.25) is 10.0 Å². The number of aliphatic hydroxyl groups is 1. The van der Waals surface area contributed by atoms with Crippen molar-refractivity contribution in [2.24, 2.45) is 5.92 Å². The van der Waals surface area contributed by atoms with Gasteiger partial charge in [-0.2, -0.15) is 0 Å². The molecule has 112 valence electrons. The highest BCUT2D eigenvalue weighted by atomic mass is 35.5. The molecular weight excluding hydrogens is 317 g/mol. The van der Waals surface area contributed by atoms with Gasteiger partial charge in [-0.25, -0.2) is 0 Å². The SMILES string of the molecule is O=S(CCN1CCC(CO)CC1)c1cc(Cl)ccc1Cl. The summed E-state index contributed by atoms with van der Waals surface area (Å²) in [6.07, 6.45) is 2.03. The van der Waals surface area contributed by atoms with E-state index in [9.17, 15) is 4.21 Å². The molecule has 1 heterocycles. The van der Waals surface area contributed by atoms with Crippen molar-refractivity contribution < 1.29 is 9.32 Å². The van der Waals surface area contributed by atoms with Gasteiger partial charge in [-0.3, -0.25) is 4.21 Å². The normalized spacial score (nSPS) is 19.1. The number of rotatable bonds is 5. The van der Waals surface area contributed by atoms with E-state index >= 15 is 0 Å². The molecule has 0 amide bonds. The first-order valence-corrected chi connectivity index (χ1v) is 8.84. The average Bonchev–Trinajstić information content (AvgIpc) is 2.47. The van der Waals surface area contributed by atoms with E-state index in [1.165, 1.54) is 0 Å². The standard InChI is InChI=1S/C14H19Cl2NO2S/c15-12-1-2-13(16)14(9-12)20(19)8-7-17-5-3-11(10-18)4-6-17/h1-2,9,11,18H,3-8,10H2. The Morgan fingerprint density at radius 2 is 2.00 bits per heavy atom. The van der Waals surface area contributed by atoms with E-state index < -0.39 is 10.8 Å². The minimum atomic E-state index is -1.12. The second-order valence-corrected chi connectivity index (χ2v) is 7.47. The predicted molar refractivity (Wildman–Crippen MR) is 84.0 cm³/mol. The molecule has 1 aliphatic heterocycles. The molecule has 0 aromatic heterocycles. The molecule has 2 rings (SSSR count). The van der Waals surface area contributed by atoms with Crippen molar-refractivity contribution in [3.05, 3.63) is 28.2 Å². The molecule has 1 unspecified atom stereocenters. The lowest BCUT2D eigenvalue weighted by Crippen LogP contribution is -2.37. The van der Waals surface area contributed by atoms with Crippen LogP contribution in [0.25, 0.3) is 0 Å². The Bertz CT molecular complexity index is 476. The van der Waals surface area contributed by atoms with Gasteiger partial charge in [-0.15, -0.1) is 0 Å². The average molecular weight is 336 g/mol. The zero-order chi connectivity index (χ0) is 14.5. The fourth-order valence-electron chi connectivity index (χ4n) is 2.37. The maximum absolute atomic E-state index is 12.3. The van der Waals surface area contributed by atoms with Crippen LogP contribution in [0.1, 0.15) is 12.8 Å². The van der Waals surface area contributed by atoms with E-state index in [0.717, 1.165) is 32.5 Å². The number of halogens is 2. The van der Waals surface area contributed by atoms with E-state index in [-0.39, 0.29) is 6.61 Å². The molecule has 0 spiro atoms. The number of benzene rings is 1. The molecule has 1 atom stereocenters. The monoisotopic (exact) mass is 335 g/mol. The molecule has 0 bridgehead atoms. The van der Waals surface area contributed by atoms with Crippen molar-refractivity contribution in [3.8, 4) is 0 Å². The molecule has 1 N–H and O–H groups in total. The second kappa shape index (κ2) is 7.76. The summed E-state index contributed by atoms with van der Waals surface area (Å²) in [5.41, 5.74) is 0. The van der Waals surface area contributed by atoms with Crippen LogP contribution in [0.4, 0.5) is 0 Å². The summed E-state index contributed by atoms with van der Waals surface area (Å²) >= 11 is 12.0. The van der Waals surface area contributed by atoms with E-state index in [2.05, 4.69) is 4.90 Å². The van der Waals surface area contributed by atoms with Gasteiger partial charge in [0.2, 0.25) is 0 Å². The van der Waals surface area contributed by atoms with Gasteiger partial charge < -0.3 is 10.0 Å². The lowest BCUT2D eigenvalue weighted by molar-refractivity contribution is 0.136. The van der Waals surface area contributed by atoms with Crippen molar-refractivity contribution >= 4 is 34.0 Å². The first kappa shape index (κ1) is 16.2. The third-order valence-electron chi connectivity index (χ3n) is 3.70. The Labute approximate surface area is 132 Å². The minimum absolute atomic E-state index is 0.276. The molecule has 6 heteroatoms. The molecule has 0 radical (unpaired) electrons. The van der Waals surface area contributed by atoms with Crippen LogP contribution in [-0.2, 0) is 10.8 Å².